The molecule has 2 aromatic rings. The predicted octanol–water partition coefficient (Wildman–Crippen LogP) is 4.22. The van der Waals surface area contributed by atoms with Crippen LogP contribution >= 0.6 is 11.6 Å². The van der Waals surface area contributed by atoms with Gasteiger partial charge in [0.1, 0.15) is 10.6 Å². The van der Waals surface area contributed by atoms with Crippen molar-refractivity contribution in [2.45, 2.75) is 65.2 Å². The fourth-order valence-electron chi connectivity index (χ4n) is 3.43. The van der Waals surface area contributed by atoms with E-state index in [1.807, 2.05) is 6.92 Å². The van der Waals surface area contributed by atoms with Crippen molar-refractivity contribution in [1.29, 1.82) is 5.26 Å². The summed E-state index contributed by atoms with van der Waals surface area (Å²) >= 11 is 6.23. The summed E-state index contributed by atoms with van der Waals surface area (Å²) in [4.78, 5) is 8.64. The van der Waals surface area contributed by atoms with Crippen molar-refractivity contribution in [2.75, 3.05) is 11.9 Å². The Morgan fingerprint density at radius 2 is 2.07 bits per heavy atom. The summed E-state index contributed by atoms with van der Waals surface area (Å²) < 4.78 is 13.3. The second-order valence-electron chi connectivity index (χ2n) is 8.12. The fourth-order valence-corrected chi connectivity index (χ4v) is 3.57. The summed E-state index contributed by atoms with van der Waals surface area (Å²) in [6.45, 7) is 10.1. The van der Waals surface area contributed by atoms with E-state index in [-0.39, 0.29) is 12.2 Å². The van der Waals surface area contributed by atoms with E-state index in [2.05, 4.69) is 40.3 Å². The van der Waals surface area contributed by atoms with Crippen LogP contribution in [0.2, 0.25) is 5.02 Å². The first-order chi connectivity index (χ1) is 13.7. The molecule has 1 aliphatic rings. The minimum atomic E-state index is -0.752. The van der Waals surface area contributed by atoms with Gasteiger partial charge in [-0.15, -0.1) is 0 Å². The van der Waals surface area contributed by atoms with E-state index < -0.39 is 5.54 Å². The Balaban J connectivity index is 1.70. The molecule has 1 aliphatic heterocycles. The molecular weight excluding hydrogens is 392 g/mol. The number of nitrogens with one attached hydrogen (secondary N) is 1. The van der Waals surface area contributed by atoms with Crippen LogP contribution < -0.4 is 10.1 Å². The monoisotopic (exact) mass is 418 g/mol. The van der Waals surface area contributed by atoms with Crippen LogP contribution in [0.1, 0.15) is 46.2 Å². The second-order valence-corrected chi connectivity index (χ2v) is 8.53. The molecule has 2 unspecified atom stereocenters. The van der Waals surface area contributed by atoms with Crippen molar-refractivity contribution in [3.8, 4) is 11.9 Å². The minimum absolute atomic E-state index is 0.225. The van der Waals surface area contributed by atoms with E-state index in [9.17, 15) is 5.26 Å². The second kappa shape index (κ2) is 8.56. The third-order valence-electron chi connectivity index (χ3n) is 4.95. The quantitative estimate of drug-likeness (QED) is 0.749. The van der Waals surface area contributed by atoms with E-state index in [1.54, 1.807) is 24.7 Å². The van der Waals surface area contributed by atoms with Crippen molar-refractivity contribution in [1.82, 2.24) is 19.7 Å². The molecule has 29 heavy (non-hydrogen) atoms. The molecular formula is C20H27ClN6O2. The van der Waals surface area contributed by atoms with E-state index in [1.165, 1.54) is 6.20 Å². The third-order valence-corrected chi connectivity index (χ3v) is 5.21. The van der Waals surface area contributed by atoms with Crippen LogP contribution in [0, 0.1) is 24.2 Å². The molecule has 0 bridgehead atoms. The van der Waals surface area contributed by atoms with Crippen LogP contribution in [-0.4, -0.2) is 38.6 Å². The average Bonchev–Trinajstić information content (AvgIpc) is 3.03. The largest absolute Gasteiger partial charge is 0.476 e. The van der Waals surface area contributed by atoms with Crippen LogP contribution in [0.4, 0.5) is 11.6 Å². The van der Waals surface area contributed by atoms with Crippen LogP contribution in [0.3, 0.4) is 0 Å². The first kappa shape index (κ1) is 21.3. The molecule has 3 heterocycles. The van der Waals surface area contributed by atoms with Crippen LogP contribution in [0.25, 0.3) is 0 Å². The molecule has 1 fully saturated rings. The van der Waals surface area contributed by atoms with Gasteiger partial charge in [-0.25, -0.2) is 4.98 Å². The van der Waals surface area contributed by atoms with Gasteiger partial charge in [0.05, 0.1) is 48.7 Å². The Labute approximate surface area is 176 Å². The zero-order valence-electron chi connectivity index (χ0n) is 17.4. The summed E-state index contributed by atoms with van der Waals surface area (Å²) in [5, 5.41) is 17.2. The Morgan fingerprint density at radius 3 is 2.72 bits per heavy atom. The summed E-state index contributed by atoms with van der Waals surface area (Å²) in [7, 11) is 0. The maximum Gasteiger partial charge on any atom is 0.237 e. The van der Waals surface area contributed by atoms with Gasteiger partial charge >= 0.3 is 0 Å². The van der Waals surface area contributed by atoms with Crippen LogP contribution in [0.5, 0.6) is 5.88 Å². The molecule has 9 heteroatoms. The number of halogens is 1. The van der Waals surface area contributed by atoms with E-state index in [0.29, 0.717) is 35.1 Å². The van der Waals surface area contributed by atoms with Gasteiger partial charge in [-0.2, -0.15) is 15.3 Å². The van der Waals surface area contributed by atoms with E-state index >= 15 is 0 Å². The standard InChI is InChI=1S/C20H27ClN6O2/c1-12-6-15(7-13(2)29-12)10-28-18-16(21)8-23-19(25-18)24-17-9-27(26-14(17)3)20(4,5)11-22/h8-9,12-13,15H,6-7,10H2,1-5H3,(H,23,24,25). The summed E-state index contributed by atoms with van der Waals surface area (Å²) in [5.41, 5.74) is 0.700. The third kappa shape index (κ3) is 5.17. The number of anilines is 2. The number of ether oxygens (including phenoxy) is 2. The van der Waals surface area contributed by atoms with Gasteiger partial charge in [-0.05, 0) is 53.4 Å². The van der Waals surface area contributed by atoms with Gasteiger partial charge < -0.3 is 14.8 Å². The molecule has 3 rings (SSSR count). The number of nitrogens with zero attached hydrogens (tertiary/aromatic N) is 5. The van der Waals surface area contributed by atoms with Crippen molar-refractivity contribution in [2.24, 2.45) is 5.92 Å². The smallest absolute Gasteiger partial charge is 0.237 e. The highest BCUT2D eigenvalue weighted by Crippen LogP contribution is 2.29. The molecule has 0 saturated carbocycles. The first-order valence-electron chi connectivity index (χ1n) is 9.73. The first-order valence-corrected chi connectivity index (χ1v) is 10.1. The summed E-state index contributed by atoms with van der Waals surface area (Å²) in [6, 6.07) is 2.23. The SMILES string of the molecule is Cc1nn(C(C)(C)C#N)cc1Nc1ncc(Cl)c(OCC2CC(C)OC(C)C2)n1. The lowest BCUT2D eigenvalue weighted by Crippen LogP contribution is -2.32. The van der Waals surface area contributed by atoms with E-state index in [0.717, 1.165) is 18.5 Å². The molecule has 156 valence electrons. The number of aryl methyl sites for hydroxylation is 1. The lowest BCUT2D eigenvalue weighted by atomic mass is 9.93. The van der Waals surface area contributed by atoms with Gasteiger partial charge in [0.2, 0.25) is 11.8 Å². The van der Waals surface area contributed by atoms with Crippen LogP contribution in [0.15, 0.2) is 12.4 Å². The maximum atomic E-state index is 9.31. The molecule has 1 saturated heterocycles. The molecule has 0 aliphatic carbocycles. The average molecular weight is 419 g/mol. The van der Waals surface area contributed by atoms with Gasteiger partial charge in [0, 0.05) is 0 Å². The molecule has 1 N–H and O–H groups in total. The number of hydrogen-bond donors (Lipinski definition) is 1. The lowest BCUT2D eigenvalue weighted by Gasteiger charge is -2.31. The number of nitriles is 1. The highest BCUT2D eigenvalue weighted by molar-refractivity contribution is 6.31. The minimum Gasteiger partial charge on any atom is -0.476 e. The molecule has 8 nitrogen and oxygen atoms in total. The summed E-state index contributed by atoms with van der Waals surface area (Å²) in [6.07, 6.45) is 5.63. The van der Waals surface area contributed by atoms with Gasteiger partial charge in [-0.1, -0.05) is 11.6 Å². The Morgan fingerprint density at radius 1 is 1.38 bits per heavy atom. The van der Waals surface area contributed by atoms with E-state index in [4.69, 9.17) is 21.1 Å². The zero-order valence-corrected chi connectivity index (χ0v) is 18.2. The number of hydrogen-bond acceptors (Lipinski definition) is 7. The number of rotatable bonds is 6. The highest BCUT2D eigenvalue weighted by atomic mass is 35.5. The molecule has 2 aromatic heterocycles. The molecule has 0 amide bonds. The Bertz CT molecular complexity index is 897. The van der Waals surface area contributed by atoms with Crippen molar-refractivity contribution in [3.05, 3.63) is 23.1 Å². The number of aromatic nitrogens is 4. The topological polar surface area (TPSA) is 97.9 Å². The van der Waals surface area contributed by atoms with Gasteiger partial charge in [-0.3, -0.25) is 4.68 Å². The molecule has 0 radical (unpaired) electrons. The van der Waals surface area contributed by atoms with Crippen molar-refractivity contribution >= 4 is 23.2 Å². The fraction of sp³-hybridized carbons (Fsp3) is 0.600. The zero-order chi connectivity index (χ0) is 21.2. The van der Waals surface area contributed by atoms with Crippen molar-refractivity contribution < 1.29 is 9.47 Å². The lowest BCUT2D eigenvalue weighted by molar-refractivity contribution is -0.0595. The van der Waals surface area contributed by atoms with Crippen molar-refractivity contribution in [3.63, 3.8) is 0 Å². The Hall–Kier alpha value is -2.37. The summed E-state index contributed by atoms with van der Waals surface area (Å²) in [5.74, 6) is 1.10. The highest BCUT2D eigenvalue weighted by Gasteiger charge is 2.25. The molecule has 2 atom stereocenters. The molecule has 0 aromatic carbocycles. The normalized spacial score (nSPS) is 22.2. The van der Waals surface area contributed by atoms with Gasteiger partial charge in [0.15, 0.2) is 0 Å². The van der Waals surface area contributed by atoms with Gasteiger partial charge in [0.25, 0.3) is 0 Å². The predicted molar refractivity (Wildman–Crippen MR) is 110 cm³/mol. The van der Waals surface area contributed by atoms with Crippen LogP contribution in [-0.2, 0) is 10.3 Å². The molecule has 0 spiro atoms. The Kier molecular flexibility index (Phi) is 6.30. The maximum absolute atomic E-state index is 9.31.